The van der Waals surface area contributed by atoms with E-state index in [0.717, 1.165) is 10.2 Å². The molecule has 0 atom stereocenters. The maximum Gasteiger partial charge on any atom is 0.245 e. The molecule has 0 amide bonds. The number of anilines is 3. The van der Waals surface area contributed by atoms with E-state index in [-0.39, 0.29) is 11.5 Å². The van der Waals surface area contributed by atoms with E-state index >= 15 is 0 Å². The normalized spacial score (nSPS) is 10.7. The summed E-state index contributed by atoms with van der Waals surface area (Å²) in [6.07, 6.45) is 0. The molecule has 90 valence electrons. The van der Waals surface area contributed by atoms with Crippen molar-refractivity contribution in [1.29, 1.82) is 0 Å². The number of rotatable bonds is 2. The van der Waals surface area contributed by atoms with E-state index in [1.165, 1.54) is 0 Å². The van der Waals surface area contributed by atoms with E-state index in [1.54, 1.807) is 0 Å². The number of hydrogen-bond acceptors (Lipinski definition) is 7. The van der Waals surface area contributed by atoms with Gasteiger partial charge in [-0.2, -0.15) is 0 Å². The second kappa shape index (κ2) is 4.22. The summed E-state index contributed by atoms with van der Waals surface area (Å²) < 4.78 is 5.48. The highest BCUT2D eigenvalue weighted by molar-refractivity contribution is 9.10. The Balaban J connectivity index is 2.01. The molecule has 0 aliphatic carbocycles. The summed E-state index contributed by atoms with van der Waals surface area (Å²) in [6.45, 7) is 0. The molecule has 1 aromatic carbocycles. The summed E-state index contributed by atoms with van der Waals surface area (Å²) in [5, 5.41) is 10.2. The Morgan fingerprint density at radius 1 is 1.17 bits per heavy atom. The van der Waals surface area contributed by atoms with Crippen molar-refractivity contribution in [1.82, 2.24) is 20.3 Å². The fraction of sp³-hybridized carbons (Fsp3) is 0. The van der Waals surface area contributed by atoms with Gasteiger partial charge in [0, 0.05) is 10.2 Å². The summed E-state index contributed by atoms with van der Waals surface area (Å²) in [4.78, 5) is 8.21. The highest BCUT2D eigenvalue weighted by Gasteiger charge is 2.10. The number of halogens is 1. The van der Waals surface area contributed by atoms with E-state index in [1.807, 2.05) is 24.3 Å². The molecule has 3 rings (SSSR count). The van der Waals surface area contributed by atoms with Crippen molar-refractivity contribution in [2.24, 2.45) is 0 Å². The van der Waals surface area contributed by atoms with Crippen LogP contribution in [0, 0.1) is 0 Å². The van der Waals surface area contributed by atoms with Gasteiger partial charge in [-0.3, -0.25) is 0 Å². The Morgan fingerprint density at radius 3 is 2.72 bits per heavy atom. The first kappa shape index (κ1) is 10.9. The molecular weight excluding hydrogens is 300 g/mol. The van der Waals surface area contributed by atoms with Gasteiger partial charge in [0.2, 0.25) is 11.3 Å². The topological polar surface area (TPSA) is 103 Å². The molecule has 0 fully saturated rings. The highest BCUT2D eigenvalue weighted by Crippen LogP contribution is 2.23. The van der Waals surface area contributed by atoms with Crippen molar-refractivity contribution in [2.75, 3.05) is 11.1 Å². The maximum atomic E-state index is 5.77. The molecule has 0 radical (unpaired) electrons. The van der Waals surface area contributed by atoms with Gasteiger partial charge in [0.25, 0.3) is 0 Å². The lowest BCUT2D eigenvalue weighted by Gasteiger charge is -2.06. The van der Waals surface area contributed by atoms with Gasteiger partial charge < -0.3 is 11.1 Å². The number of nitrogens with zero attached hydrogens (tertiary/aromatic N) is 4. The summed E-state index contributed by atoms with van der Waals surface area (Å²) >= 11 is 3.38. The van der Waals surface area contributed by atoms with Crippen LogP contribution >= 0.6 is 15.9 Å². The van der Waals surface area contributed by atoms with Crippen molar-refractivity contribution >= 4 is 44.5 Å². The first-order valence-electron chi connectivity index (χ1n) is 5.01. The highest BCUT2D eigenvalue weighted by atomic mass is 79.9. The SMILES string of the molecule is Nc1nc2nonc2nc1Nc1cccc(Br)c1. The van der Waals surface area contributed by atoms with E-state index in [9.17, 15) is 0 Å². The molecule has 0 saturated heterocycles. The summed E-state index contributed by atoms with van der Waals surface area (Å²) in [5.74, 6) is 0.648. The average molecular weight is 307 g/mol. The molecule has 2 aromatic heterocycles. The summed E-state index contributed by atoms with van der Waals surface area (Å²) in [6, 6.07) is 7.60. The zero-order chi connectivity index (χ0) is 12.5. The summed E-state index contributed by atoms with van der Waals surface area (Å²) in [5.41, 5.74) is 7.20. The van der Waals surface area contributed by atoms with Gasteiger partial charge in [-0.15, -0.1) is 0 Å². The standard InChI is InChI=1S/C10H7BrN6O/c11-5-2-1-3-6(4-5)13-8-7(12)14-9-10(15-8)17-18-16-9/h1-4H,(H2,12,14,16)(H,13,15,17). The number of nitrogen functional groups attached to an aromatic ring is 1. The molecule has 0 aliphatic rings. The monoisotopic (exact) mass is 306 g/mol. The van der Waals surface area contributed by atoms with Crippen molar-refractivity contribution in [3.8, 4) is 0 Å². The van der Waals surface area contributed by atoms with Crippen LogP contribution in [0.5, 0.6) is 0 Å². The number of aromatic nitrogens is 4. The third-order valence-corrected chi connectivity index (χ3v) is 2.72. The number of nitrogens with two attached hydrogens (primary N) is 1. The van der Waals surface area contributed by atoms with E-state index in [2.05, 4.69) is 46.2 Å². The maximum absolute atomic E-state index is 5.77. The van der Waals surface area contributed by atoms with Gasteiger partial charge in [0.05, 0.1) is 0 Å². The van der Waals surface area contributed by atoms with Crippen LogP contribution in [0.4, 0.5) is 17.3 Å². The lowest BCUT2D eigenvalue weighted by Crippen LogP contribution is -2.02. The van der Waals surface area contributed by atoms with Crippen LogP contribution in [0.3, 0.4) is 0 Å². The average Bonchev–Trinajstić information content (AvgIpc) is 2.76. The Morgan fingerprint density at radius 2 is 1.94 bits per heavy atom. The first-order chi connectivity index (χ1) is 8.72. The summed E-state index contributed by atoms with van der Waals surface area (Å²) in [7, 11) is 0. The molecule has 2 heterocycles. The lowest BCUT2D eigenvalue weighted by atomic mass is 10.3. The van der Waals surface area contributed by atoms with E-state index in [0.29, 0.717) is 11.5 Å². The number of fused-ring (bicyclic) bond motifs is 1. The Hall–Kier alpha value is -2.22. The zero-order valence-electron chi connectivity index (χ0n) is 8.96. The third-order valence-electron chi connectivity index (χ3n) is 2.23. The first-order valence-corrected chi connectivity index (χ1v) is 5.80. The molecule has 8 heteroatoms. The smallest absolute Gasteiger partial charge is 0.245 e. The van der Waals surface area contributed by atoms with Crippen molar-refractivity contribution in [3.63, 3.8) is 0 Å². The van der Waals surface area contributed by atoms with Crippen LogP contribution in [0.2, 0.25) is 0 Å². The Kier molecular flexibility index (Phi) is 2.56. The quantitative estimate of drug-likeness (QED) is 0.747. The van der Waals surface area contributed by atoms with Gasteiger partial charge in [0.15, 0.2) is 11.6 Å². The minimum absolute atomic E-state index is 0.234. The molecular formula is C10H7BrN6O. The molecule has 3 N–H and O–H groups in total. The third kappa shape index (κ3) is 1.97. The van der Waals surface area contributed by atoms with Crippen LogP contribution in [0.1, 0.15) is 0 Å². The number of nitrogens with one attached hydrogen (secondary N) is 1. The van der Waals surface area contributed by atoms with Crippen molar-refractivity contribution in [2.45, 2.75) is 0 Å². The number of benzene rings is 1. The van der Waals surface area contributed by atoms with Crippen LogP contribution in [-0.2, 0) is 0 Å². The molecule has 0 spiro atoms. The Bertz CT molecular complexity index is 712. The molecule has 3 aromatic rings. The minimum Gasteiger partial charge on any atom is -0.381 e. The molecule has 0 saturated carbocycles. The minimum atomic E-state index is 0.234. The van der Waals surface area contributed by atoms with Crippen LogP contribution in [0.25, 0.3) is 11.3 Å². The fourth-order valence-corrected chi connectivity index (χ4v) is 1.84. The van der Waals surface area contributed by atoms with Gasteiger partial charge in [0.1, 0.15) is 0 Å². The largest absolute Gasteiger partial charge is 0.381 e. The van der Waals surface area contributed by atoms with Crippen molar-refractivity contribution < 1.29 is 4.63 Å². The number of hydrogen-bond donors (Lipinski definition) is 2. The molecule has 0 bridgehead atoms. The lowest BCUT2D eigenvalue weighted by molar-refractivity contribution is 0.314. The Labute approximate surface area is 110 Å². The molecule has 7 nitrogen and oxygen atoms in total. The fourth-order valence-electron chi connectivity index (χ4n) is 1.45. The molecule has 0 unspecified atom stereocenters. The second-order valence-corrected chi connectivity index (χ2v) is 4.42. The predicted molar refractivity (Wildman–Crippen MR) is 69.2 cm³/mol. The zero-order valence-corrected chi connectivity index (χ0v) is 10.5. The predicted octanol–water partition coefficient (Wildman–Crippen LogP) is 2.10. The van der Waals surface area contributed by atoms with Crippen molar-refractivity contribution in [3.05, 3.63) is 28.7 Å². The molecule has 18 heavy (non-hydrogen) atoms. The molecule has 0 aliphatic heterocycles. The van der Waals surface area contributed by atoms with Crippen LogP contribution in [0.15, 0.2) is 33.4 Å². The van der Waals surface area contributed by atoms with Gasteiger partial charge in [-0.05, 0) is 28.5 Å². The van der Waals surface area contributed by atoms with Crippen LogP contribution < -0.4 is 11.1 Å². The van der Waals surface area contributed by atoms with Gasteiger partial charge in [-0.1, -0.05) is 22.0 Å². The van der Waals surface area contributed by atoms with Gasteiger partial charge >= 0.3 is 0 Å². The second-order valence-electron chi connectivity index (χ2n) is 3.50. The van der Waals surface area contributed by atoms with E-state index in [4.69, 9.17) is 5.73 Å². The van der Waals surface area contributed by atoms with Crippen LogP contribution in [-0.4, -0.2) is 20.3 Å². The van der Waals surface area contributed by atoms with Gasteiger partial charge in [-0.25, -0.2) is 14.6 Å². The van der Waals surface area contributed by atoms with E-state index < -0.39 is 0 Å².